The van der Waals surface area contributed by atoms with E-state index in [9.17, 15) is 13.2 Å². The molecular formula is C11H11NO5S2. The third-order valence-corrected chi connectivity index (χ3v) is 4.65. The van der Waals surface area contributed by atoms with Gasteiger partial charge in [-0.05, 0) is 40.9 Å². The summed E-state index contributed by atoms with van der Waals surface area (Å²) in [4.78, 5) is 10.6. The lowest BCUT2D eigenvalue weighted by atomic mass is 10.2. The number of nitrogens with one attached hydrogen (secondary N) is 1. The van der Waals surface area contributed by atoms with E-state index in [4.69, 9.17) is 9.52 Å². The number of carboxylic acid groups (broad SMARTS) is 1. The Bertz CT molecular complexity index is 698. The van der Waals surface area contributed by atoms with Gasteiger partial charge in [0, 0.05) is 6.54 Å². The van der Waals surface area contributed by atoms with E-state index < -0.39 is 26.8 Å². The monoisotopic (exact) mass is 301 g/mol. The molecule has 0 bridgehead atoms. The van der Waals surface area contributed by atoms with Gasteiger partial charge in [-0.15, -0.1) is 0 Å². The Morgan fingerprint density at radius 1 is 1.42 bits per heavy atom. The molecule has 2 aromatic rings. The number of hydrogen-bond donors (Lipinski definition) is 2. The number of carboxylic acids is 1. The summed E-state index contributed by atoms with van der Waals surface area (Å²) >= 11 is 1.48. The molecule has 102 valence electrons. The minimum absolute atomic E-state index is 0.140. The second-order valence-electron chi connectivity index (χ2n) is 3.83. The zero-order valence-corrected chi connectivity index (χ0v) is 11.5. The molecule has 0 saturated heterocycles. The molecule has 2 aromatic heterocycles. The molecule has 0 saturated carbocycles. The Balaban J connectivity index is 2.14. The Morgan fingerprint density at radius 3 is 2.68 bits per heavy atom. The van der Waals surface area contributed by atoms with Crippen LogP contribution in [0.1, 0.15) is 21.7 Å². The van der Waals surface area contributed by atoms with Crippen LogP contribution in [0.25, 0.3) is 0 Å². The fourth-order valence-electron chi connectivity index (χ4n) is 1.39. The van der Waals surface area contributed by atoms with E-state index in [0.29, 0.717) is 0 Å². The molecule has 0 radical (unpaired) electrons. The molecule has 8 heteroatoms. The number of carbonyl (C=O) groups is 1. The van der Waals surface area contributed by atoms with E-state index in [-0.39, 0.29) is 6.54 Å². The van der Waals surface area contributed by atoms with Crippen molar-refractivity contribution in [2.45, 2.75) is 18.6 Å². The molecule has 0 unspecified atom stereocenters. The van der Waals surface area contributed by atoms with Gasteiger partial charge in [0.1, 0.15) is 0 Å². The summed E-state index contributed by atoms with van der Waals surface area (Å²) in [6.45, 7) is 2.02. The molecule has 6 nitrogen and oxygen atoms in total. The van der Waals surface area contributed by atoms with Crippen molar-refractivity contribution in [1.29, 1.82) is 0 Å². The SMILES string of the molecule is Cc1cscc1CNS(=O)(=O)c1ccc(C(=O)O)o1. The number of thiophene rings is 1. The topological polar surface area (TPSA) is 96.6 Å². The largest absolute Gasteiger partial charge is 0.475 e. The van der Waals surface area contributed by atoms with Crippen molar-refractivity contribution < 1.29 is 22.7 Å². The average Bonchev–Trinajstić information content (AvgIpc) is 2.95. The summed E-state index contributed by atoms with van der Waals surface area (Å²) in [7, 11) is -3.84. The molecule has 19 heavy (non-hydrogen) atoms. The molecule has 0 amide bonds. The summed E-state index contributed by atoms with van der Waals surface area (Å²) in [5.74, 6) is -1.72. The summed E-state index contributed by atoms with van der Waals surface area (Å²) in [5, 5.41) is 12.0. The first-order valence-corrected chi connectivity index (χ1v) is 7.67. The summed E-state index contributed by atoms with van der Waals surface area (Å²) < 4.78 is 30.9. The first kappa shape index (κ1) is 13.8. The van der Waals surface area contributed by atoms with Gasteiger partial charge in [0.2, 0.25) is 10.9 Å². The van der Waals surface area contributed by atoms with Crippen molar-refractivity contribution in [1.82, 2.24) is 4.72 Å². The fraction of sp³-hybridized carbons (Fsp3) is 0.182. The molecule has 0 aliphatic rings. The van der Waals surface area contributed by atoms with Crippen LogP contribution in [0.3, 0.4) is 0 Å². The van der Waals surface area contributed by atoms with Gasteiger partial charge in [0.15, 0.2) is 0 Å². The van der Waals surface area contributed by atoms with E-state index in [1.807, 2.05) is 17.7 Å². The van der Waals surface area contributed by atoms with Gasteiger partial charge in [0.25, 0.3) is 10.0 Å². The lowest BCUT2D eigenvalue weighted by Crippen LogP contribution is -2.22. The highest BCUT2D eigenvalue weighted by Crippen LogP contribution is 2.17. The number of aryl methyl sites for hydroxylation is 1. The lowest BCUT2D eigenvalue weighted by Gasteiger charge is -2.03. The van der Waals surface area contributed by atoms with E-state index in [2.05, 4.69) is 4.72 Å². The zero-order valence-electron chi connectivity index (χ0n) is 9.91. The lowest BCUT2D eigenvalue weighted by molar-refractivity contribution is 0.0656. The average molecular weight is 301 g/mol. The first-order valence-electron chi connectivity index (χ1n) is 5.24. The van der Waals surface area contributed by atoms with Gasteiger partial charge in [-0.25, -0.2) is 17.9 Å². The number of furan rings is 1. The van der Waals surface area contributed by atoms with Crippen LogP contribution in [-0.2, 0) is 16.6 Å². The Morgan fingerprint density at radius 2 is 2.16 bits per heavy atom. The van der Waals surface area contributed by atoms with Crippen LogP contribution in [0.2, 0.25) is 0 Å². The molecule has 0 fully saturated rings. The molecule has 0 aromatic carbocycles. The maximum Gasteiger partial charge on any atom is 0.371 e. The van der Waals surface area contributed by atoms with Gasteiger partial charge < -0.3 is 9.52 Å². The smallest absolute Gasteiger partial charge is 0.371 e. The van der Waals surface area contributed by atoms with Gasteiger partial charge >= 0.3 is 5.97 Å². The number of hydrogen-bond acceptors (Lipinski definition) is 5. The van der Waals surface area contributed by atoms with E-state index in [1.165, 1.54) is 11.3 Å². The van der Waals surface area contributed by atoms with Crippen LogP contribution in [0.4, 0.5) is 0 Å². The Labute approximate surface area is 113 Å². The van der Waals surface area contributed by atoms with Crippen molar-refractivity contribution in [2.75, 3.05) is 0 Å². The molecule has 2 heterocycles. The quantitative estimate of drug-likeness (QED) is 0.878. The highest BCUT2D eigenvalue weighted by Gasteiger charge is 2.20. The molecule has 2 rings (SSSR count). The van der Waals surface area contributed by atoms with E-state index >= 15 is 0 Å². The van der Waals surface area contributed by atoms with Crippen molar-refractivity contribution in [2.24, 2.45) is 0 Å². The standard InChI is InChI=1S/C11H11NO5S2/c1-7-5-18-6-8(7)4-12-19(15,16)10-3-2-9(17-10)11(13)14/h2-3,5-6,12H,4H2,1H3,(H,13,14). The summed E-state index contributed by atoms with van der Waals surface area (Å²) in [6.07, 6.45) is 0. The Kier molecular flexibility index (Phi) is 3.74. The van der Waals surface area contributed by atoms with Crippen LogP contribution in [-0.4, -0.2) is 19.5 Å². The predicted molar refractivity (Wildman–Crippen MR) is 68.7 cm³/mol. The zero-order chi connectivity index (χ0) is 14.0. The highest BCUT2D eigenvalue weighted by molar-refractivity contribution is 7.89. The summed E-state index contributed by atoms with van der Waals surface area (Å²) in [6, 6.07) is 2.22. The Hall–Kier alpha value is -1.64. The third kappa shape index (κ3) is 3.03. The minimum atomic E-state index is -3.84. The van der Waals surface area contributed by atoms with Crippen molar-refractivity contribution in [3.63, 3.8) is 0 Å². The van der Waals surface area contributed by atoms with Crippen LogP contribution >= 0.6 is 11.3 Å². The van der Waals surface area contributed by atoms with E-state index in [1.54, 1.807) is 0 Å². The minimum Gasteiger partial charge on any atom is -0.475 e. The van der Waals surface area contributed by atoms with Crippen molar-refractivity contribution in [3.05, 3.63) is 39.8 Å². The van der Waals surface area contributed by atoms with Gasteiger partial charge in [-0.3, -0.25) is 0 Å². The molecule has 0 aliphatic heterocycles. The third-order valence-electron chi connectivity index (χ3n) is 2.47. The van der Waals surface area contributed by atoms with Gasteiger partial charge in [-0.1, -0.05) is 0 Å². The van der Waals surface area contributed by atoms with Gasteiger partial charge in [-0.2, -0.15) is 11.3 Å². The molecule has 2 N–H and O–H groups in total. The number of aromatic carboxylic acids is 1. The fourth-order valence-corrected chi connectivity index (χ4v) is 3.18. The van der Waals surface area contributed by atoms with Gasteiger partial charge in [0.05, 0.1) is 0 Å². The molecule has 0 aliphatic carbocycles. The number of sulfonamides is 1. The maximum absolute atomic E-state index is 11.9. The molecule has 0 atom stereocenters. The van der Waals surface area contributed by atoms with E-state index in [0.717, 1.165) is 23.3 Å². The normalized spacial score (nSPS) is 11.6. The molecule has 0 spiro atoms. The van der Waals surface area contributed by atoms with Crippen LogP contribution in [0.15, 0.2) is 32.4 Å². The highest BCUT2D eigenvalue weighted by atomic mass is 32.2. The van der Waals surface area contributed by atoms with Crippen LogP contribution in [0.5, 0.6) is 0 Å². The number of rotatable bonds is 5. The summed E-state index contributed by atoms with van der Waals surface area (Å²) in [5.41, 5.74) is 1.87. The van der Waals surface area contributed by atoms with Crippen LogP contribution in [0, 0.1) is 6.92 Å². The second-order valence-corrected chi connectivity index (χ2v) is 6.27. The first-order chi connectivity index (χ1) is 8.90. The van der Waals surface area contributed by atoms with Crippen molar-refractivity contribution >= 4 is 27.3 Å². The van der Waals surface area contributed by atoms with Crippen molar-refractivity contribution in [3.8, 4) is 0 Å². The van der Waals surface area contributed by atoms with Crippen LogP contribution < -0.4 is 4.72 Å². The maximum atomic E-state index is 11.9. The second kappa shape index (κ2) is 5.16. The molecular weight excluding hydrogens is 290 g/mol. The predicted octanol–water partition coefficient (Wildman–Crippen LogP) is 1.83.